The normalized spacial score (nSPS) is 17.2. The van der Waals surface area contributed by atoms with Crippen LogP contribution in [0, 0.1) is 12.7 Å². The standard InChI is InChI=1S/C21H25FN4O2/c1-15-5-4-9-23-18(15)8-10-24-20(27)13-19-21(28)25-11-12-26(19)14-16-6-2-3-7-17(16)22/h2-7,9,19H,8,10-14H2,1H3,(H,24,27)(H,25,28). The highest BCUT2D eigenvalue weighted by Crippen LogP contribution is 2.16. The first-order chi connectivity index (χ1) is 13.5. The van der Waals surface area contributed by atoms with Gasteiger partial charge in [0.2, 0.25) is 11.8 Å². The van der Waals surface area contributed by atoms with Crippen LogP contribution >= 0.6 is 0 Å². The molecule has 1 unspecified atom stereocenters. The number of benzene rings is 1. The van der Waals surface area contributed by atoms with Gasteiger partial charge >= 0.3 is 0 Å². The molecule has 1 aliphatic heterocycles. The van der Waals surface area contributed by atoms with Gasteiger partial charge in [0, 0.05) is 50.1 Å². The average molecular weight is 384 g/mol. The Labute approximate surface area is 164 Å². The van der Waals surface area contributed by atoms with E-state index in [0.29, 0.717) is 38.2 Å². The Balaban J connectivity index is 1.56. The molecule has 148 valence electrons. The van der Waals surface area contributed by atoms with Gasteiger partial charge in [0.25, 0.3) is 0 Å². The first-order valence-corrected chi connectivity index (χ1v) is 9.47. The van der Waals surface area contributed by atoms with Crippen molar-refractivity contribution in [3.63, 3.8) is 0 Å². The number of hydrogen-bond acceptors (Lipinski definition) is 4. The molecule has 0 bridgehead atoms. The molecule has 0 spiro atoms. The van der Waals surface area contributed by atoms with E-state index < -0.39 is 6.04 Å². The summed E-state index contributed by atoms with van der Waals surface area (Å²) in [4.78, 5) is 30.9. The quantitative estimate of drug-likeness (QED) is 0.760. The molecule has 1 fully saturated rings. The zero-order valence-electron chi connectivity index (χ0n) is 16.0. The third kappa shape index (κ3) is 5.13. The van der Waals surface area contributed by atoms with Crippen molar-refractivity contribution in [1.29, 1.82) is 0 Å². The fourth-order valence-electron chi connectivity index (χ4n) is 3.37. The van der Waals surface area contributed by atoms with Gasteiger partial charge in [-0.3, -0.25) is 19.5 Å². The third-order valence-electron chi connectivity index (χ3n) is 4.95. The van der Waals surface area contributed by atoms with Crippen LogP contribution in [0.2, 0.25) is 0 Å². The summed E-state index contributed by atoms with van der Waals surface area (Å²) in [6.45, 7) is 3.80. The summed E-state index contributed by atoms with van der Waals surface area (Å²) in [6.07, 6.45) is 2.41. The maximum atomic E-state index is 14.0. The predicted molar refractivity (Wildman–Crippen MR) is 104 cm³/mol. The van der Waals surface area contributed by atoms with E-state index in [0.717, 1.165) is 11.3 Å². The number of rotatable bonds is 7. The maximum Gasteiger partial charge on any atom is 0.237 e. The Morgan fingerprint density at radius 2 is 2.14 bits per heavy atom. The van der Waals surface area contributed by atoms with Crippen LogP contribution in [0.1, 0.15) is 23.2 Å². The minimum Gasteiger partial charge on any atom is -0.356 e. The summed E-state index contributed by atoms with van der Waals surface area (Å²) in [5, 5.41) is 5.66. The van der Waals surface area contributed by atoms with Crippen molar-refractivity contribution in [3.8, 4) is 0 Å². The first kappa shape index (κ1) is 19.9. The second kappa shape index (κ2) is 9.41. The zero-order valence-corrected chi connectivity index (χ0v) is 16.0. The van der Waals surface area contributed by atoms with Crippen molar-refractivity contribution >= 4 is 11.8 Å². The Kier molecular flexibility index (Phi) is 6.71. The number of halogens is 1. The fourth-order valence-corrected chi connectivity index (χ4v) is 3.37. The van der Waals surface area contributed by atoms with E-state index in [2.05, 4.69) is 15.6 Å². The molecule has 2 heterocycles. The summed E-state index contributed by atoms with van der Waals surface area (Å²) in [7, 11) is 0. The van der Waals surface area contributed by atoms with E-state index in [4.69, 9.17) is 0 Å². The molecule has 0 aliphatic carbocycles. The van der Waals surface area contributed by atoms with Crippen LogP contribution in [0.15, 0.2) is 42.6 Å². The molecule has 1 aliphatic rings. The lowest BCUT2D eigenvalue weighted by molar-refractivity contribution is -0.134. The van der Waals surface area contributed by atoms with Gasteiger partial charge < -0.3 is 10.6 Å². The molecule has 1 aromatic carbocycles. The van der Waals surface area contributed by atoms with Crippen LogP contribution in [0.5, 0.6) is 0 Å². The molecule has 0 radical (unpaired) electrons. The number of aromatic nitrogens is 1. The number of carbonyl (C=O) groups excluding carboxylic acids is 2. The molecule has 7 heteroatoms. The van der Waals surface area contributed by atoms with Crippen LogP contribution in [0.4, 0.5) is 4.39 Å². The predicted octanol–water partition coefficient (Wildman–Crippen LogP) is 1.58. The minimum absolute atomic E-state index is 0.0431. The van der Waals surface area contributed by atoms with Crippen LogP contribution in [0.3, 0.4) is 0 Å². The number of aryl methyl sites for hydroxylation is 1. The van der Waals surface area contributed by atoms with Crippen molar-refractivity contribution in [2.45, 2.75) is 32.4 Å². The Morgan fingerprint density at radius 3 is 2.93 bits per heavy atom. The second-order valence-corrected chi connectivity index (χ2v) is 6.94. The number of piperazine rings is 1. The Morgan fingerprint density at radius 1 is 1.32 bits per heavy atom. The van der Waals surface area contributed by atoms with Crippen molar-refractivity contribution in [3.05, 3.63) is 65.2 Å². The van der Waals surface area contributed by atoms with E-state index in [1.807, 2.05) is 24.0 Å². The van der Waals surface area contributed by atoms with Crippen molar-refractivity contribution in [2.75, 3.05) is 19.6 Å². The number of amides is 2. The molecule has 2 N–H and O–H groups in total. The molecular weight excluding hydrogens is 359 g/mol. The van der Waals surface area contributed by atoms with Crippen molar-refractivity contribution < 1.29 is 14.0 Å². The van der Waals surface area contributed by atoms with Crippen molar-refractivity contribution in [1.82, 2.24) is 20.5 Å². The highest BCUT2D eigenvalue weighted by molar-refractivity contribution is 5.88. The summed E-state index contributed by atoms with van der Waals surface area (Å²) in [5.41, 5.74) is 2.55. The fraction of sp³-hybridized carbons (Fsp3) is 0.381. The molecular formula is C21H25FN4O2. The monoisotopic (exact) mass is 384 g/mol. The van der Waals surface area contributed by atoms with Gasteiger partial charge in [-0.25, -0.2) is 4.39 Å². The van der Waals surface area contributed by atoms with Crippen LogP contribution in [-0.4, -0.2) is 47.4 Å². The molecule has 1 saturated heterocycles. The van der Waals surface area contributed by atoms with E-state index in [-0.39, 0.29) is 24.1 Å². The van der Waals surface area contributed by atoms with Crippen molar-refractivity contribution in [2.24, 2.45) is 0 Å². The number of nitrogens with one attached hydrogen (secondary N) is 2. The van der Waals surface area contributed by atoms with Gasteiger partial charge in [-0.2, -0.15) is 0 Å². The lowest BCUT2D eigenvalue weighted by Gasteiger charge is -2.34. The molecule has 28 heavy (non-hydrogen) atoms. The minimum atomic E-state index is -0.607. The molecule has 2 aromatic rings. The SMILES string of the molecule is Cc1cccnc1CCNC(=O)CC1C(=O)NCCN1Cc1ccccc1F. The summed E-state index contributed by atoms with van der Waals surface area (Å²) >= 11 is 0. The molecule has 3 rings (SSSR count). The third-order valence-corrected chi connectivity index (χ3v) is 4.95. The first-order valence-electron chi connectivity index (χ1n) is 9.47. The van der Waals surface area contributed by atoms with Gasteiger partial charge in [0.1, 0.15) is 5.82 Å². The van der Waals surface area contributed by atoms with E-state index in [9.17, 15) is 14.0 Å². The van der Waals surface area contributed by atoms with E-state index in [1.54, 1.807) is 24.4 Å². The van der Waals surface area contributed by atoms with Gasteiger partial charge in [0.15, 0.2) is 0 Å². The average Bonchev–Trinajstić information content (AvgIpc) is 2.68. The van der Waals surface area contributed by atoms with Gasteiger partial charge in [-0.15, -0.1) is 0 Å². The topological polar surface area (TPSA) is 74.3 Å². The maximum absolute atomic E-state index is 14.0. The van der Waals surface area contributed by atoms with Crippen LogP contribution in [0.25, 0.3) is 0 Å². The van der Waals surface area contributed by atoms with Gasteiger partial charge in [-0.1, -0.05) is 24.3 Å². The van der Waals surface area contributed by atoms with Gasteiger partial charge in [0.05, 0.1) is 12.5 Å². The van der Waals surface area contributed by atoms with Gasteiger partial charge in [-0.05, 0) is 24.6 Å². The van der Waals surface area contributed by atoms with Crippen LogP contribution in [-0.2, 0) is 22.6 Å². The molecule has 2 amide bonds. The highest BCUT2D eigenvalue weighted by atomic mass is 19.1. The van der Waals surface area contributed by atoms with Crippen LogP contribution < -0.4 is 10.6 Å². The lowest BCUT2D eigenvalue weighted by Crippen LogP contribution is -2.56. The number of hydrogen-bond donors (Lipinski definition) is 2. The molecule has 1 atom stereocenters. The molecule has 6 nitrogen and oxygen atoms in total. The zero-order chi connectivity index (χ0) is 19.9. The Hall–Kier alpha value is -2.80. The van der Waals surface area contributed by atoms with E-state index >= 15 is 0 Å². The number of carbonyl (C=O) groups is 2. The molecule has 1 aromatic heterocycles. The second-order valence-electron chi connectivity index (χ2n) is 6.94. The lowest BCUT2D eigenvalue weighted by atomic mass is 10.1. The summed E-state index contributed by atoms with van der Waals surface area (Å²) in [5.74, 6) is -0.699. The molecule has 0 saturated carbocycles. The largest absolute Gasteiger partial charge is 0.356 e. The smallest absolute Gasteiger partial charge is 0.237 e. The summed E-state index contributed by atoms with van der Waals surface area (Å²) in [6, 6.07) is 9.76. The van der Waals surface area contributed by atoms with E-state index in [1.165, 1.54) is 6.07 Å². The number of nitrogens with zero attached hydrogens (tertiary/aromatic N) is 2. The highest BCUT2D eigenvalue weighted by Gasteiger charge is 2.31. The summed E-state index contributed by atoms with van der Waals surface area (Å²) < 4.78 is 14.0. The number of pyridine rings is 1. The Bertz CT molecular complexity index is 843.